The topological polar surface area (TPSA) is 47.1 Å². The van der Waals surface area contributed by atoms with Crippen molar-refractivity contribution in [3.63, 3.8) is 0 Å². The van der Waals surface area contributed by atoms with Crippen molar-refractivity contribution >= 4 is 8.07 Å². The summed E-state index contributed by atoms with van der Waals surface area (Å²) in [6.45, 7) is 9.25. The molecule has 1 heterocycles. The molecule has 0 saturated heterocycles. The SMILES string of the molecule is CCOC(Oc1ncc[nH]1)[Si](C)(C)C. The Morgan fingerprint density at radius 1 is 1.50 bits per heavy atom. The molecule has 0 amide bonds. The molecular weight excluding hydrogens is 196 g/mol. The molecule has 14 heavy (non-hydrogen) atoms. The van der Waals surface area contributed by atoms with Crippen LogP contribution in [0.2, 0.25) is 19.6 Å². The molecule has 1 unspecified atom stereocenters. The summed E-state index contributed by atoms with van der Waals surface area (Å²) >= 11 is 0. The summed E-state index contributed by atoms with van der Waals surface area (Å²) in [5.41, 5.74) is 0. The lowest BCUT2D eigenvalue weighted by atomic mass is 10.9. The molecule has 4 nitrogen and oxygen atoms in total. The molecule has 0 aliphatic carbocycles. The van der Waals surface area contributed by atoms with Gasteiger partial charge in [-0.1, -0.05) is 19.6 Å². The van der Waals surface area contributed by atoms with Crippen molar-refractivity contribution in [2.45, 2.75) is 32.5 Å². The summed E-state index contributed by atoms with van der Waals surface area (Å²) in [6.07, 6.45) is 3.41. The molecule has 0 spiro atoms. The third kappa shape index (κ3) is 3.15. The maximum absolute atomic E-state index is 5.63. The van der Waals surface area contributed by atoms with E-state index in [1.54, 1.807) is 12.4 Å². The molecule has 1 aromatic heterocycles. The van der Waals surface area contributed by atoms with Crippen LogP contribution in [0.1, 0.15) is 6.92 Å². The smallest absolute Gasteiger partial charge is 0.295 e. The molecule has 0 bridgehead atoms. The second kappa shape index (κ2) is 4.61. The fourth-order valence-corrected chi connectivity index (χ4v) is 2.16. The highest BCUT2D eigenvalue weighted by atomic mass is 28.3. The maximum atomic E-state index is 5.63. The van der Waals surface area contributed by atoms with Crippen molar-refractivity contribution in [1.29, 1.82) is 0 Å². The van der Waals surface area contributed by atoms with Crippen LogP contribution in [0.4, 0.5) is 0 Å². The number of aromatic amines is 1. The van der Waals surface area contributed by atoms with E-state index >= 15 is 0 Å². The number of imidazole rings is 1. The van der Waals surface area contributed by atoms with Crippen LogP contribution in [0, 0.1) is 0 Å². The van der Waals surface area contributed by atoms with Gasteiger partial charge in [-0.15, -0.1) is 0 Å². The van der Waals surface area contributed by atoms with Gasteiger partial charge in [0.25, 0.3) is 6.01 Å². The zero-order valence-electron chi connectivity index (χ0n) is 9.20. The number of H-pyrrole nitrogens is 1. The molecule has 0 fully saturated rings. The summed E-state index contributed by atoms with van der Waals surface area (Å²) in [4.78, 5) is 6.92. The number of rotatable bonds is 5. The van der Waals surface area contributed by atoms with Crippen LogP contribution >= 0.6 is 0 Å². The lowest BCUT2D eigenvalue weighted by Gasteiger charge is -2.27. The minimum Gasteiger partial charge on any atom is -0.439 e. The summed E-state index contributed by atoms with van der Waals surface area (Å²) in [5.74, 6) is -0.140. The van der Waals surface area contributed by atoms with E-state index in [0.29, 0.717) is 12.6 Å². The van der Waals surface area contributed by atoms with Crippen LogP contribution in [0.3, 0.4) is 0 Å². The Labute approximate surface area is 85.7 Å². The van der Waals surface area contributed by atoms with Crippen LogP contribution in [0.15, 0.2) is 12.4 Å². The third-order valence-electron chi connectivity index (χ3n) is 1.72. The second-order valence-corrected chi connectivity index (χ2v) is 9.37. The third-order valence-corrected chi connectivity index (χ3v) is 3.42. The Morgan fingerprint density at radius 3 is 2.64 bits per heavy atom. The van der Waals surface area contributed by atoms with Gasteiger partial charge < -0.3 is 14.5 Å². The first-order valence-corrected chi connectivity index (χ1v) is 8.39. The van der Waals surface area contributed by atoms with Crippen LogP contribution in [0.5, 0.6) is 6.01 Å². The first-order chi connectivity index (χ1) is 6.54. The van der Waals surface area contributed by atoms with Gasteiger partial charge in [0.05, 0.1) is 0 Å². The molecule has 1 atom stereocenters. The van der Waals surface area contributed by atoms with Gasteiger partial charge in [0, 0.05) is 19.0 Å². The first-order valence-electron chi connectivity index (χ1n) is 4.81. The maximum Gasteiger partial charge on any atom is 0.295 e. The molecule has 80 valence electrons. The summed E-state index contributed by atoms with van der Waals surface area (Å²) < 4.78 is 11.2. The Balaban J connectivity index is 2.60. The lowest BCUT2D eigenvalue weighted by Crippen LogP contribution is -2.44. The molecule has 1 rings (SSSR count). The summed E-state index contributed by atoms with van der Waals surface area (Å²) in [6, 6.07) is 0.533. The van der Waals surface area contributed by atoms with Crippen molar-refractivity contribution in [3.05, 3.63) is 12.4 Å². The van der Waals surface area contributed by atoms with E-state index in [2.05, 4.69) is 29.6 Å². The molecule has 5 heteroatoms. The molecule has 1 aromatic rings. The zero-order valence-corrected chi connectivity index (χ0v) is 10.2. The number of ether oxygens (including phenoxy) is 2. The van der Waals surface area contributed by atoms with Gasteiger partial charge in [-0.2, -0.15) is 0 Å². The highest BCUT2D eigenvalue weighted by Crippen LogP contribution is 2.15. The van der Waals surface area contributed by atoms with E-state index in [-0.39, 0.29) is 5.91 Å². The normalized spacial score (nSPS) is 14.0. The van der Waals surface area contributed by atoms with Gasteiger partial charge in [0.1, 0.15) is 8.07 Å². The van der Waals surface area contributed by atoms with E-state index in [1.165, 1.54) is 0 Å². The van der Waals surface area contributed by atoms with E-state index in [4.69, 9.17) is 9.47 Å². The van der Waals surface area contributed by atoms with Crippen molar-refractivity contribution in [2.24, 2.45) is 0 Å². The van der Waals surface area contributed by atoms with Gasteiger partial charge >= 0.3 is 0 Å². The molecule has 0 aliphatic rings. The standard InChI is InChI=1S/C9H18N2O2Si/c1-5-12-9(14(2,3)4)13-8-10-6-7-11-8/h6-7,9H,5H2,1-4H3,(H,10,11). The number of nitrogens with one attached hydrogen (secondary N) is 1. The molecule has 0 aliphatic heterocycles. The van der Waals surface area contributed by atoms with Crippen LogP contribution < -0.4 is 4.74 Å². The monoisotopic (exact) mass is 214 g/mol. The Bertz CT molecular complexity index is 256. The molecule has 1 N–H and O–H groups in total. The first kappa shape index (κ1) is 11.3. The van der Waals surface area contributed by atoms with Crippen molar-refractivity contribution < 1.29 is 9.47 Å². The van der Waals surface area contributed by atoms with Crippen molar-refractivity contribution in [1.82, 2.24) is 9.97 Å². The Morgan fingerprint density at radius 2 is 2.21 bits per heavy atom. The summed E-state index contributed by atoms with van der Waals surface area (Å²) in [5, 5.41) is 0. The van der Waals surface area contributed by atoms with Crippen LogP contribution in [-0.2, 0) is 4.74 Å². The number of hydrogen-bond acceptors (Lipinski definition) is 3. The van der Waals surface area contributed by atoms with E-state index in [0.717, 1.165) is 0 Å². The average molecular weight is 214 g/mol. The van der Waals surface area contributed by atoms with E-state index in [1.807, 2.05) is 6.92 Å². The van der Waals surface area contributed by atoms with E-state index < -0.39 is 8.07 Å². The van der Waals surface area contributed by atoms with E-state index in [9.17, 15) is 0 Å². The molecule has 0 radical (unpaired) electrons. The van der Waals surface area contributed by atoms with Gasteiger partial charge in [-0.05, 0) is 6.92 Å². The fraction of sp³-hybridized carbons (Fsp3) is 0.667. The Kier molecular flexibility index (Phi) is 3.71. The number of hydrogen-bond donors (Lipinski definition) is 1. The van der Waals surface area contributed by atoms with Crippen LogP contribution in [0.25, 0.3) is 0 Å². The quantitative estimate of drug-likeness (QED) is 0.602. The second-order valence-electron chi connectivity index (χ2n) is 4.17. The zero-order chi connectivity index (χ0) is 10.6. The number of aromatic nitrogens is 2. The van der Waals surface area contributed by atoms with Gasteiger partial charge in [0.15, 0.2) is 5.91 Å². The van der Waals surface area contributed by atoms with Crippen molar-refractivity contribution in [2.75, 3.05) is 6.61 Å². The molecule has 0 aromatic carbocycles. The number of nitrogens with zero attached hydrogens (tertiary/aromatic N) is 1. The van der Waals surface area contributed by atoms with Gasteiger partial charge in [-0.25, -0.2) is 4.98 Å². The van der Waals surface area contributed by atoms with Crippen molar-refractivity contribution in [3.8, 4) is 6.01 Å². The van der Waals surface area contributed by atoms with Gasteiger partial charge in [0.2, 0.25) is 0 Å². The highest BCUT2D eigenvalue weighted by molar-refractivity contribution is 6.77. The van der Waals surface area contributed by atoms with Crippen LogP contribution in [-0.4, -0.2) is 30.6 Å². The molecular formula is C9H18N2O2Si. The largest absolute Gasteiger partial charge is 0.439 e. The van der Waals surface area contributed by atoms with Gasteiger partial charge in [-0.3, -0.25) is 0 Å². The minimum absolute atomic E-state index is 0.140. The summed E-state index contributed by atoms with van der Waals surface area (Å²) in [7, 11) is -1.47. The molecule has 0 saturated carbocycles. The highest BCUT2D eigenvalue weighted by Gasteiger charge is 2.30. The predicted molar refractivity (Wildman–Crippen MR) is 58.0 cm³/mol. The lowest BCUT2D eigenvalue weighted by molar-refractivity contribution is -0.0282. The fourth-order valence-electron chi connectivity index (χ4n) is 1.03. The average Bonchev–Trinajstić information content (AvgIpc) is 2.54. The Hall–Kier alpha value is -0.813. The minimum atomic E-state index is -1.47. The predicted octanol–water partition coefficient (Wildman–Crippen LogP) is 2.03.